The van der Waals surface area contributed by atoms with Gasteiger partial charge in [-0.15, -0.1) is 6.58 Å². The van der Waals surface area contributed by atoms with E-state index in [-0.39, 0.29) is 17.4 Å². The Labute approximate surface area is 180 Å². The third kappa shape index (κ3) is 5.10. The molecule has 0 radical (unpaired) electrons. The average Bonchev–Trinajstić information content (AvgIpc) is 2.73. The number of nitrogens with zero attached hydrogens (tertiary/aromatic N) is 1. The molecule has 0 saturated heterocycles. The summed E-state index contributed by atoms with van der Waals surface area (Å²) in [5, 5.41) is 8.77. The van der Waals surface area contributed by atoms with Crippen LogP contribution in [0.5, 0.6) is 5.75 Å². The smallest absolute Gasteiger partial charge is 0.426 e. The summed E-state index contributed by atoms with van der Waals surface area (Å²) in [6.45, 7) is 5.76. The molecule has 0 amide bonds. The molecule has 0 heterocycles. The molecule has 1 saturated carbocycles. The SMILES string of the molecule is C=CCC(C)c1ccc(C(F)(F)Oc2cc(F)c(C#N)c(F)c2)c(C2CCCCC2)c1. The van der Waals surface area contributed by atoms with Gasteiger partial charge in [0, 0.05) is 12.1 Å². The molecule has 1 unspecified atom stereocenters. The summed E-state index contributed by atoms with van der Waals surface area (Å²) in [4.78, 5) is 0. The van der Waals surface area contributed by atoms with E-state index in [0.29, 0.717) is 17.7 Å². The Kier molecular flexibility index (Phi) is 7.04. The van der Waals surface area contributed by atoms with Crippen molar-refractivity contribution in [1.29, 1.82) is 5.26 Å². The third-order valence-corrected chi connectivity index (χ3v) is 5.90. The van der Waals surface area contributed by atoms with Crippen LogP contribution >= 0.6 is 0 Å². The first-order valence-corrected chi connectivity index (χ1v) is 10.5. The maximum atomic E-state index is 15.2. The van der Waals surface area contributed by atoms with Gasteiger partial charge in [-0.05, 0) is 48.3 Å². The van der Waals surface area contributed by atoms with E-state index in [1.54, 1.807) is 12.1 Å². The molecule has 0 bridgehead atoms. The van der Waals surface area contributed by atoms with Gasteiger partial charge in [0.25, 0.3) is 0 Å². The van der Waals surface area contributed by atoms with Gasteiger partial charge in [0.15, 0.2) is 0 Å². The quantitative estimate of drug-likeness (QED) is 0.332. The number of nitriles is 1. The van der Waals surface area contributed by atoms with Crippen LogP contribution in [-0.2, 0) is 6.11 Å². The van der Waals surface area contributed by atoms with Crippen LogP contribution in [0, 0.1) is 23.0 Å². The van der Waals surface area contributed by atoms with Gasteiger partial charge >= 0.3 is 6.11 Å². The second kappa shape index (κ2) is 9.55. The number of benzene rings is 2. The van der Waals surface area contributed by atoms with Crippen LogP contribution in [0.25, 0.3) is 0 Å². The minimum Gasteiger partial charge on any atom is -0.429 e. The first-order chi connectivity index (χ1) is 14.8. The second-order valence-electron chi connectivity index (χ2n) is 8.10. The maximum absolute atomic E-state index is 15.2. The molecule has 2 aromatic rings. The minimum absolute atomic E-state index is 0.0245. The number of allylic oxidation sites excluding steroid dienone is 1. The van der Waals surface area contributed by atoms with Gasteiger partial charge in [-0.25, -0.2) is 8.78 Å². The summed E-state index contributed by atoms with van der Waals surface area (Å²) < 4.78 is 63.0. The highest BCUT2D eigenvalue weighted by molar-refractivity contribution is 5.41. The molecule has 31 heavy (non-hydrogen) atoms. The average molecular weight is 431 g/mol. The van der Waals surface area contributed by atoms with Gasteiger partial charge in [-0.1, -0.05) is 44.4 Å². The zero-order chi connectivity index (χ0) is 22.6. The second-order valence-corrected chi connectivity index (χ2v) is 8.10. The molecule has 2 aromatic carbocycles. The summed E-state index contributed by atoms with van der Waals surface area (Å²) in [7, 11) is 0. The van der Waals surface area contributed by atoms with E-state index in [2.05, 4.69) is 6.58 Å². The van der Waals surface area contributed by atoms with Crippen LogP contribution in [0.3, 0.4) is 0 Å². The highest BCUT2D eigenvalue weighted by Gasteiger charge is 2.39. The largest absolute Gasteiger partial charge is 0.429 e. The van der Waals surface area contributed by atoms with Crippen LogP contribution in [0.15, 0.2) is 43.0 Å². The first kappa shape index (κ1) is 22.9. The van der Waals surface area contributed by atoms with Crippen molar-refractivity contribution in [3.05, 3.63) is 76.9 Å². The molecule has 0 aromatic heterocycles. The molecule has 1 atom stereocenters. The van der Waals surface area contributed by atoms with E-state index in [4.69, 9.17) is 10.00 Å². The van der Waals surface area contributed by atoms with E-state index >= 15 is 8.78 Å². The van der Waals surface area contributed by atoms with Crippen LogP contribution < -0.4 is 4.74 Å². The normalized spacial score (nSPS) is 15.9. The topological polar surface area (TPSA) is 33.0 Å². The molecule has 164 valence electrons. The Balaban J connectivity index is 2.00. The van der Waals surface area contributed by atoms with Crippen molar-refractivity contribution in [2.24, 2.45) is 0 Å². The Hall–Kier alpha value is -2.81. The lowest BCUT2D eigenvalue weighted by atomic mass is 9.80. The Morgan fingerprint density at radius 1 is 1.16 bits per heavy atom. The molecule has 0 aliphatic heterocycles. The molecule has 1 aliphatic rings. The van der Waals surface area contributed by atoms with Crippen molar-refractivity contribution in [2.75, 3.05) is 0 Å². The molecule has 1 fully saturated rings. The van der Waals surface area contributed by atoms with E-state index < -0.39 is 29.1 Å². The number of ether oxygens (including phenoxy) is 1. The summed E-state index contributed by atoms with van der Waals surface area (Å²) in [5.41, 5.74) is 0.335. The van der Waals surface area contributed by atoms with E-state index in [0.717, 1.165) is 44.1 Å². The van der Waals surface area contributed by atoms with Crippen molar-refractivity contribution in [3.8, 4) is 11.8 Å². The minimum atomic E-state index is -3.79. The number of rotatable bonds is 7. The zero-order valence-corrected chi connectivity index (χ0v) is 17.4. The Morgan fingerprint density at radius 2 is 1.81 bits per heavy atom. The van der Waals surface area contributed by atoms with E-state index in [1.807, 2.05) is 13.0 Å². The number of hydrogen-bond acceptors (Lipinski definition) is 2. The molecular weight excluding hydrogens is 406 g/mol. The van der Waals surface area contributed by atoms with Crippen LogP contribution in [0.1, 0.15) is 79.5 Å². The molecule has 1 aliphatic carbocycles. The number of alkyl halides is 2. The first-order valence-electron chi connectivity index (χ1n) is 10.5. The molecule has 0 spiro atoms. The van der Waals surface area contributed by atoms with Crippen molar-refractivity contribution >= 4 is 0 Å². The van der Waals surface area contributed by atoms with Crippen LogP contribution in [0.4, 0.5) is 17.6 Å². The van der Waals surface area contributed by atoms with Gasteiger partial charge in [0.05, 0.1) is 5.56 Å². The fourth-order valence-electron chi connectivity index (χ4n) is 4.21. The Morgan fingerprint density at radius 3 is 2.39 bits per heavy atom. The van der Waals surface area contributed by atoms with Crippen molar-refractivity contribution < 1.29 is 22.3 Å². The number of hydrogen-bond donors (Lipinski definition) is 0. The highest BCUT2D eigenvalue weighted by atomic mass is 19.3. The highest BCUT2D eigenvalue weighted by Crippen LogP contribution is 2.42. The summed E-state index contributed by atoms with van der Waals surface area (Å²) in [5.74, 6) is -3.05. The molecule has 6 heteroatoms. The van der Waals surface area contributed by atoms with E-state index in [9.17, 15) is 8.78 Å². The fourth-order valence-corrected chi connectivity index (χ4v) is 4.21. The maximum Gasteiger partial charge on any atom is 0.426 e. The summed E-state index contributed by atoms with van der Waals surface area (Å²) >= 11 is 0. The lowest BCUT2D eigenvalue weighted by Gasteiger charge is -2.28. The fraction of sp³-hybridized carbons (Fsp3) is 0.400. The van der Waals surface area contributed by atoms with Crippen molar-refractivity contribution in [3.63, 3.8) is 0 Å². The van der Waals surface area contributed by atoms with Crippen LogP contribution in [-0.4, -0.2) is 0 Å². The van der Waals surface area contributed by atoms with Gasteiger partial charge in [0.2, 0.25) is 0 Å². The lowest BCUT2D eigenvalue weighted by molar-refractivity contribution is -0.186. The lowest BCUT2D eigenvalue weighted by Crippen LogP contribution is -2.25. The number of halogens is 4. The van der Waals surface area contributed by atoms with Crippen LogP contribution in [0.2, 0.25) is 0 Å². The van der Waals surface area contributed by atoms with E-state index in [1.165, 1.54) is 12.1 Å². The van der Waals surface area contributed by atoms with Crippen molar-refractivity contribution in [1.82, 2.24) is 0 Å². The predicted octanol–water partition coefficient (Wildman–Crippen LogP) is 7.69. The standard InChI is InChI=1S/C25H25F4NO/c1-3-7-16(2)18-10-11-22(20(12-18)17-8-5-4-6-9-17)25(28,29)31-19-13-23(26)21(15-30)24(27)14-19/h3,10-14,16-17H,1,4-9H2,2H3. The molecule has 0 N–H and O–H groups in total. The van der Waals surface area contributed by atoms with Gasteiger partial charge < -0.3 is 4.74 Å². The van der Waals surface area contributed by atoms with Crippen molar-refractivity contribution in [2.45, 2.75) is 63.4 Å². The third-order valence-electron chi connectivity index (χ3n) is 5.90. The molecule has 3 rings (SSSR count). The monoisotopic (exact) mass is 431 g/mol. The summed E-state index contributed by atoms with van der Waals surface area (Å²) in [6, 6.07) is 7.40. The summed E-state index contributed by atoms with van der Waals surface area (Å²) in [6.07, 6.45) is 3.36. The van der Waals surface area contributed by atoms with Gasteiger partial charge in [0.1, 0.15) is 29.0 Å². The van der Waals surface area contributed by atoms with Gasteiger partial charge in [-0.3, -0.25) is 0 Å². The Bertz CT molecular complexity index is 966. The zero-order valence-electron chi connectivity index (χ0n) is 17.4. The molecule has 2 nitrogen and oxygen atoms in total. The predicted molar refractivity (Wildman–Crippen MR) is 111 cm³/mol. The van der Waals surface area contributed by atoms with Gasteiger partial charge in [-0.2, -0.15) is 14.0 Å². The molecular formula is C25H25F4NO.